The molecule has 0 aliphatic heterocycles. The van der Waals surface area contributed by atoms with Gasteiger partial charge in [-0.05, 0) is 58.5 Å². The summed E-state index contributed by atoms with van der Waals surface area (Å²) in [5.41, 5.74) is 2.09. The van der Waals surface area contributed by atoms with Crippen LogP contribution in [0.4, 0.5) is 0 Å². The highest BCUT2D eigenvalue weighted by Crippen LogP contribution is 2.57. The van der Waals surface area contributed by atoms with Crippen molar-refractivity contribution in [3.8, 4) is 0 Å². The van der Waals surface area contributed by atoms with Gasteiger partial charge in [-0.25, -0.2) is 0 Å². The lowest BCUT2D eigenvalue weighted by Gasteiger charge is -2.50. The summed E-state index contributed by atoms with van der Waals surface area (Å²) in [5, 5.41) is 0.124. The summed E-state index contributed by atoms with van der Waals surface area (Å²) >= 11 is 0. The van der Waals surface area contributed by atoms with Crippen LogP contribution in [-0.2, 0) is 14.5 Å². The van der Waals surface area contributed by atoms with Crippen molar-refractivity contribution in [3.63, 3.8) is 0 Å². The summed E-state index contributed by atoms with van der Waals surface area (Å²) in [6, 6.07) is 14.9. The van der Waals surface area contributed by atoms with E-state index in [2.05, 4.69) is 118 Å². The van der Waals surface area contributed by atoms with Gasteiger partial charge >= 0.3 is 0 Å². The molecule has 0 bridgehead atoms. The molecule has 1 aromatic carbocycles. The Balaban J connectivity index is 2.23. The lowest BCUT2D eigenvalue weighted by molar-refractivity contribution is 0.0294. The van der Waals surface area contributed by atoms with E-state index in [1.54, 1.807) is 6.26 Å². The topological polar surface area (TPSA) is 31.6 Å². The van der Waals surface area contributed by atoms with Crippen LogP contribution in [0.2, 0.25) is 34.8 Å². The number of furan rings is 1. The number of hydrogen-bond acceptors (Lipinski definition) is 3. The third-order valence-corrected chi connectivity index (χ3v) is 19.2. The van der Waals surface area contributed by atoms with Crippen molar-refractivity contribution in [1.29, 1.82) is 0 Å². The Morgan fingerprint density at radius 1 is 0.886 bits per heavy atom. The molecule has 35 heavy (non-hydrogen) atoms. The zero-order valence-corrected chi connectivity index (χ0v) is 25.9. The lowest BCUT2D eigenvalue weighted by Crippen LogP contribution is -2.54. The molecule has 0 saturated heterocycles. The third kappa shape index (κ3) is 5.14. The molecule has 0 radical (unpaired) electrons. The Hall–Kier alpha value is -1.57. The number of benzene rings is 1. The van der Waals surface area contributed by atoms with E-state index in [0.717, 1.165) is 17.9 Å². The molecule has 1 aliphatic rings. The minimum absolute atomic E-state index is 0.0391. The van der Waals surface area contributed by atoms with Crippen molar-refractivity contribution in [2.24, 2.45) is 0 Å². The third-order valence-electron chi connectivity index (χ3n) is 8.66. The van der Waals surface area contributed by atoms with Crippen LogP contribution in [0.1, 0.15) is 86.0 Å². The quantitative estimate of drug-likeness (QED) is 0.313. The van der Waals surface area contributed by atoms with Crippen molar-refractivity contribution < 1.29 is 13.3 Å². The normalized spacial score (nSPS) is 21.8. The van der Waals surface area contributed by atoms with Gasteiger partial charge in [0.2, 0.25) is 16.6 Å². The molecule has 2 unspecified atom stereocenters. The van der Waals surface area contributed by atoms with Crippen LogP contribution >= 0.6 is 0 Å². The monoisotopic (exact) mass is 512 g/mol. The molecular weight excluding hydrogens is 464 g/mol. The van der Waals surface area contributed by atoms with E-state index < -0.39 is 22.2 Å². The predicted molar refractivity (Wildman–Crippen MR) is 153 cm³/mol. The molecule has 5 heteroatoms. The molecule has 3 nitrogen and oxygen atoms in total. The fourth-order valence-electron chi connectivity index (χ4n) is 5.91. The maximum Gasteiger partial charge on any atom is 0.250 e. The minimum atomic E-state index is -2.25. The van der Waals surface area contributed by atoms with Gasteiger partial charge in [-0.3, -0.25) is 0 Å². The Labute approximate surface area is 216 Å². The van der Waals surface area contributed by atoms with Crippen molar-refractivity contribution in [2.75, 3.05) is 0 Å². The Morgan fingerprint density at radius 2 is 1.46 bits per heavy atom. The molecule has 2 aromatic rings. The van der Waals surface area contributed by atoms with E-state index in [-0.39, 0.29) is 11.0 Å². The van der Waals surface area contributed by atoms with Gasteiger partial charge in [-0.2, -0.15) is 0 Å². The fraction of sp³-hybridized carbons (Fsp3) is 0.600. The van der Waals surface area contributed by atoms with Gasteiger partial charge in [0, 0.05) is 6.42 Å². The predicted octanol–water partition coefficient (Wildman–Crippen LogP) is 9.76. The van der Waals surface area contributed by atoms with Gasteiger partial charge in [0.05, 0.1) is 17.9 Å². The van der Waals surface area contributed by atoms with Crippen LogP contribution in [0.25, 0.3) is 0 Å². The second kappa shape index (κ2) is 10.1. The first-order valence-electron chi connectivity index (χ1n) is 13.4. The molecule has 0 saturated carbocycles. The fourth-order valence-corrected chi connectivity index (χ4v) is 12.7. The van der Waals surface area contributed by atoms with E-state index in [4.69, 9.17) is 13.3 Å². The number of rotatable bonds is 9. The molecule has 0 N–H and O–H groups in total. The SMILES string of the molecule is CC(C)[Si](OC1(c2ccccc2)CC(O[Si](C)(C)C(C)(C)C)=CC1c1ccco1)(C(C)C)C(C)C. The summed E-state index contributed by atoms with van der Waals surface area (Å²) in [6.45, 7) is 25.7. The molecule has 0 amide bonds. The molecule has 0 spiro atoms. The van der Waals surface area contributed by atoms with E-state index in [0.29, 0.717) is 16.6 Å². The van der Waals surface area contributed by atoms with E-state index >= 15 is 0 Å². The van der Waals surface area contributed by atoms with Gasteiger partial charge in [-0.15, -0.1) is 0 Å². The zero-order chi connectivity index (χ0) is 26.2. The van der Waals surface area contributed by atoms with Crippen LogP contribution in [0.5, 0.6) is 0 Å². The molecular formula is C30H48O3Si2. The summed E-state index contributed by atoms with van der Waals surface area (Å²) in [6.07, 6.45) is 4.83. The van der Waals surface area contributed by atoms with Crippen LogP contribution in [0.15, 0.2) is 65.0 Å². The Kier molecular flexibility index (Phi) is 8.05. The molecule has 1 aliphatic carbocycles. The summed E-state index contributed by atoms with van der Waals surface area (Å²) in [5.74, 6) is 1.96. The van der Waals surface area contributed by atoms with Gasteiger partial charge < -0.3 is 13.3 Å². The first kappa shape index (κ1) is 28.0. The maximum atomic E-state index is 7.79. The molecule has 2 atom stereocenters. The lowest BCUT2D eigenvalue weighted by atomic mass is 9.82. The highest BCUT2D eigenvalue weighted by atomic mass is 28.4. The Morgan fingerprint density at radius 3 is 1.91 bits per heavy atom. The molecule has 1 aromatic heterocycles. The molecule has 3 rings (SSSR count). The average molecular weight is 513 g/mol. The van der Waals surface area contributed by atoms with Crippen LogP contribution in [0.3, 0.4) is 0 Å². The first-order chi connectivity index (χ1) is 16.2. The average Bonchev–Trinajstić information content (AvgIpc) is 3.39. The van der Waals surface area contributed by atoms with Crippen molar-refractivity contribution in [2.45, 2.75) is 115 Å². The summed E-state index contributed by atoms with van der Waals surface area (Å²) < 4.78 is 20.8. The van der Waals surface area contributed by atoms with Gasteiger partial charge in [-0.1, -0.05) is 92.6 Å². The van der Waals surface area contributed by atoms with Crippen molar-refractivity contribution in [3.05, 3.63) is 71.9 Å². The van der Waals surface area contributed by atoms with E-state index in [9.17, 15) is 0 Å². The molecule has 194 valence electrons. The van der Waals surface area contributed by atoms with Crippen LogP contribution in [0, 0.1) is 0 Å². The zero-order valence-electron chi connectivity index (χ0n) is 23.9. The minimum Gasteiger partial charge on any atom is -0.547 e. The van der Waals surface area contributed by atoms with Crippen LogP contribution < -0.4 is 0 Å². The largest absolute Gasteiger partial charge is 0.547 e. The van der Waals surface area contributed by atoms with E-state index in [1.807, 2.05) is 6.07 Å². The highest BCUT2D eigenvalue weighted by molar-refractivity contribution is 6.77. The van der Waals surface area contributed by atoms with Crippen molar-refractivity contribution >= 4 is 16.6 Å². The summed E-state index contributed by atoms with van der Waals surface area (Å²) in [7, 11) is -4.26. The van der Waals surface area contributed by atoms with Gasteiger partial charge in [0.15, 0.2) is 0 Å². The van der Waals surface area contributed by atoms with Crippen molar-refractivity contribution in [1.82, 2.24) is 0 Å². The van der Waals surface area contributed by atoms with E-state index in [1.165, 1.54) is 5.56 Å². The smallest absolute Gasteiger partial charge is 0.250 e. The summed E-state index contributed by atoms with van der Waals surface area (Å²) in [4.78, 5) is 0. The first-order valence-corrected chi connectivity index (χ1v) is 18.4. The second-order valence-electron chi connectivity index (χ2n) is 12.8. The maximum absolute atomic E-state index is 7.79. The highest BCUT2D eigenvalue weighted by Gasteiger charge is 2.57. The molecule has 1 heterocycles. The molecule has 0 fully saturated rings. The standard InChI is InChI=1S/C30H48O3Si2/c1-22(2)35(23(3)4,24(5)6)33-30(25-16-13-12-14-17-25)21-26(32-34(10,11)29(7,8)9)20-27(30)28-18-15-19-31-28/h12-20,22-24,27H,21H2,1-11H3. The number of hydrogen-bond donors (Lipinski definition) is 0. The van der Waals surface area contributed by atoms with Crippen LogP contribution in [-0.4, -0.2) is 16.6 Å². The Bertz CT molecular complexity index is 963. The van der Waals surface area contributed by atoms with Gasteiger partial charge in [0.25, 0.3) is 0 Å². The van der Waals surface area contributed by atoms with Gasteiger partial charge in [0.1, 0.15) is 11.4 Å². The second-order valence-corrected chi connectivity index (χ2v) is 22.9.